The highest BCUT2D eigenvalue weighted by Crippen LogP contribution is 2.36. The number of hydrogen-bond acceptors (Lipinski definition) is 3. The molecule has 0 fully saturated rings. The van der Waals surface area contributed by atoms with Crippen molar-refractivity contribution in [2.24, 2.45) is 5.90 Å². The van der Waals surface area contributed by atoms with Crippen LogP contribution in [-0.2, 0) is 11.4 Å². The molecule has 3 nitrogen and oxygen atoms in total. The van der Waals surface area contributed by atoms with Crippen molar-refractivity contribution in [3.05, 3.63) is 26.7 Å². The zero-order valence-corrected chi connectivity index (χ0v) is 11.1. The number of methoxy groups -OCH3 is 1. The number of rotatable bonds is 3. The van der Waals surface area contributed by atoms with Gasteiger partial charge in [-0.05, 0) is 37.5 Å². The standard InChI is InChI=1S/C11H16BrNO2/c1-6-7(2)11(14-4)9(5-15-13)8(3)10(6)12/h5,13H2,1-4H3. The van der Waals surface area contributed by atoms with Gasteiger partial charge in [-0.1, -0.05) is 15.9 Å². The lowest BCUT2D eigenvalue weighted by Crippen LogP contribution is -2.06. The van der Waals surface area contributed by atoms with Crippen LogP contribution in [-0.4, -0.2) is 7.11 Å². The minimum atomic E-state index is 0.356. The molecule has 0 amide bonds. The van der Waals surface area contributed by atoms with E-state index in [2.05, 4.69) is 22.9 Å². The molecule has 1 aromatic rings. The van der Waals surface area contributed by atoms with E-state index in [1.54, 1.807) is 7.11 Å². The van der Waals surface area contributed by atoms with Crippen LogP contribution in [0.5, 0.6) is 5.75 Å². The van der Waals surface area contributed by atoms with Gasteiger partial charge in [0.15, 0.2) is 0 Å². The van der Waals surface area contributed by atoms with E-state index in [0.717, 1.165) is 26.9 Å². The summed E-state index contributed by atoms with van der Waals surface area (Å²) >= 11 is 3.56. The van der Waals surface area contributed by atoms with Crippen LogP contribution in [0.1, 0.15) is 22.3 Å². The molecule has 0 saturated heterocycles. The highest BCUT2D eigenvalue weighted by molar-refractivity contribution is 9.10. The largest absolute Gasteiger partial charge is 0.496 e. The van der Waals surface area contributed by atoms with Crippen LogP contribution in [0.3, 0.4) is 0 Å². The summed E-state index contributed by atoms with van der Waals surface area (Å²) in [7, 11) is 1.66. The van der Waals surface area contributed by atoms with Crippen LogP contribution < -0.4 is 10.6 Å². The maximum absolute atomic E-state index is 5.39. The molecule has 0 bridgehead atoms. The van der Waals surface area contributed by atoms with Crippen molar-refractivity contribution < 1.29 is 9.57 Å². The van der Waals surface area contributed by atoms with E-state index in [9.17, 15) is 0 Å². The molecule has 0 saturated carbocycles. The van der Waals surface area contributed by atoms with Gasteiger partial charge in [0.2, 0.25) is 0 Å². The first kappa shape index (κ1) is 12.5. The first-order chi connectivity index (χ1) is 7.04. The summed E-state index contributed by atoms with van der Waals surface area (Å²) in [4.78, 5) is 4.70. The predicted octanol–water partition coefficient (Wildman–Crippen LogP) is 2.77. The Bertz CT molecular complexity index is 378. The summed E-state index contributed by atoms with van der Waals surface area (Å²) in [6.45, 7) is 6.46. The van der Waals surface area contributed by atoms with Crippen molar-refractivity contribution in [1.29, 1.82) is 0 Å². The molecule has 1 rings (SSSR count). The molecule has 2 N–H and O–H groups in total. The molecule has 0 aliphatic carbocycles. The average molecular weight is 274 g/mol. The second-order valence-electron chi connectivity index (χ2n) is 3.51. The quantitative estimate of drug-likeness (QED) is 0.862. The molecule has 0 aromatic heterocycles. The summed E-state index contributed by atoms with van der Waals surface area (Å²) in [6, 6.07) is 0. The minimum Gasteiger partial charge on any atom is -0.496 e. The first-order valence-electron chi connectivity index (χ1n) is 4.68. The number of hydrogen-bond donors (Lipinski definition) is 1. The van der Waals surface area contributed by atoms with Gasteiger partial charge in [0.1, 0.15) is 5.75 Å². The van der Waals surface area contributed by atoms with Crippen LogP contribution in [0.2, 0.25) is 0 Å². The van der Waals surface area contributed by atoms with E-state index < -0.39 is 0 Å². The third kappa shape index (κ3) is 2.17. The number of benzene rings is 1. The van der Waals surface area contributed by atoms with Gasteiger partial charge in [-0.25, -0.2) is 5.90 Å². The molecule has 0 aliphatic rings. The Hall–Kier alpha value is -0.580. The Labute approximate surface area is 98.6 Å². The predicted molar refractivity (Wildman–Crippen MR) is 63.9 cm³/mol. The summed E-state index contributed by atoms with van der Waals surface area (Å²) in [5.41, 5.74) is 4.41. The Morgan fingerprint density at radius 2 is 1.73 bits per heavy atom. The van der Waals surface area contributed by atoms with Gasteiger partial charge in [0.25, 0.3) is 0 Å². The van der Waals surface area contributed by atoms with E-state index in [0.29, 0.717) is 6.61 Å². The lowest BCUT2D eigenvalue weighted by molar-refractivity contribution is 0.121. The van der Waals surface area contributed by atoms with E-state index in [-0.39, 0.29) is 0 Å². The Morgan fingerprint density at radius 1 is 1.13 bits per heavy atom. The van der Waals surface area contributed by atoms with Crippen LogP contribution in [0.4, 0.5) is 0 Å². The summed E-state index contributed by atoms with van der Waals surface area (Å²) in [5, 5.41) is 0. The first-order valence-corrected chi connectivity index (χ1v) is 5.47. The zero-order chi connectivity index (χ0) is 11.6. The maximum Gasteiger partial charge on any atom is 0.127 e. The maximum atomic E-state index is 5.39. The van der Waals surface area contributed by atoms with Gasteiger partial charge in [-0.15, -0.1) is 0 Å². The fraction of sp³-hybridized carbons (Fsp3) is 0.455. The molecule has 1 aromatic carbocycles. The number of ether oxygens (including phenoxy) is 1. The molecule has 0 unspecified atom stereocenters. The fourth-order valence-electron chi connectivity index (χ4n) is 1.68. The monoisotopic (exact) mass is 273 g/mol. The van der Waals surface area contributed by atoms with Gasteiger partial charge in [-0.3, -0.25) is 4.84 Å². The second kappa shape index (κ2) is 4.96. The van der Waals surface area contributed by atoms with Crippen LogP contribution in [0.15, 0.2) is 4.47 Å². The van der Waals surface area contributed by atoms with Gasteiger partial charge in [0, 0.05) is 10.0 Å². The van der Waals surface area contributed by atoms with Crippen molar-refractivity contribution in [2.75, 3.05) is 7.11 Å². The van der Waals surface area contributed by atoms with E-state index >= 15 is 0 Å². The van der Waals surface area contributed by atoms with Crippen LogP contribution in [0.25, 0.3) is 0 Å². The molecular formula is C11H16BrNO2. The molecule has 15 heavy (non-hydrogen) atoms. The third-order valence-electron chi connectivity index (χ3n) is 2.72. The minimum absolute atomic E-state index is 0.356. The van der Waals surface area contributed by atoms with Gasteiger partial charge in [-0.2, -0.15) is 0 Å². The number of nitrogens with two attached hydrogens (primary N) is 1. The average Bonchev–Trinajstić information content (AvgIpc) is 2.24. The van der Waals surface area contributed by atoms with E-state index in [1.165, 1.54) is 5.56 Å². The highest BCUT2D eigenvalue weighted by Gasteiger charge is 2.16. The summed E-state index contributed by atoms with van der Waals surface area (Å²) in [5.74, 6) is 5.98. The second-order valence-corrected chi connectivity index (χ2v) is 4.30. The molecule has 0 atom stereocenters. The van der Waals surface area contributed by atoms with Gasteiger partial charge >= 0.3 is 0 Å². The third-order valence-corrected chi connectivity index (χ3v) is 3.91. The zero-order valence-electron chi connectivity index (χ0n) is 9.48. The molecule has 0 radical (unpaired) electrons. The van der Waals surface area contributed by atoms with E-state index in [4.69, 9.17) is 15.5 Å². The highest BCUT2D eigenvalue weighted by atomic mass is 79.9. The molecule has 4 heteroatoms. The van der Waals surface area contributed by atoms with Crippen molar-refractivity contribution >= 4 is 15.9 Å². The molecule has 0 heterocycles. The SMILES string of the molecule is COc1c(C)c(C)c(Br)c(C)c1CON. The normalized spacial score (nSPS) is 10.5. The summed E-state index contributed by atoms with van der Waals surface area (Å²) < 4.78 is 6.48. The topological polar surface area (TPSA) is 44.5 Å². The van der Waals surface area contributed by atoms with Crippen molar-refractivity contribution in [1.82, 2.24) is 0 Å². The van der Waals surface area contributed by atoms with Crippen molar-refractivity contribution in [3.63, 3.8) is 0 Å². The van der Waals surface area contributed by atoms with Crippen molar-refractivity contribution in [3.8, 4) is 5.75 Å². The van der Waals surface area contributed by atoms with Crippen LogP contribution in [0, 0.1) is 20.8 Å². The lowest BCUT2D eigenvalue weighted by atomic mass is 9.99. The van der Waals surface area contributed by atoms with Crippen molar-refractivity contribution in [2.45, 2.75) is 27.4 Å². The van der Waals surface area contributed by atoms with Crippen LogP contribution >= 0.6 is 15.9 Å². The van der Waals surface area contributed by atoms with Gasteiger partial charge < -0.3 is 4.74 Å². The number of halogens is 1. The molecule has 0 spiro atoms. The molecular weight excluding hydrogens is 258 g/mol. The smallest absolute Gasteiger partial charge is 0.127 e. The van der Waals surface area contributed by atoms with E-state index in [1.807, 2.05) is 13.8 Å². The summed E-state index contributed by atoms with van der Waals surface area (Å²) in [6.07, 6.45) is 0. The fourth-order valence-corrected chi connectivity index (χ4v) is 2.22. The van der Waals surface area contributed by atoms with Gasteiger partial charge in [0.05, 0.1) is 13.7 Å². The molecule has 0 aliphatic heterocycles. The Morgan fingerprint density at radius 3 is 2.20 bits per heavy atom. The molecule has 84 valence electrons. The Kier molecular flexibility index (Phi) is 4.13. The lowest BCUT2D eigenvalue weighted by Gasteiger charge is -2.18. The Balaban J connectivity index is 3.47.